The van der Waals surface area contributed by atoms with Gasteiger partial charge in [0.1, 0.15) is 0 Å². The number of nitrogens with zero attached hydrogens (tertiary/aromatic N) is 2. The van der Waals surface area contributed by atoms with Gasteiger partial charge in [0.2, 0.25) is 0 Å². The minimum Gasteiger partial charge on any atom is -0.387 e. The van der Waals surface area contributed by atoms with Gasteiger partial charge in [-0.1, -0.05) is 11.6 Å². The Balaban J connectivity index is 2.28. The summed E-state index contributed by atoms with van der Waals surface area (Å²) >= 11 is 6.04. The lowest BCUT2D eigenvalue weighted by Gasteiger charge is -2.11. The topological polar surface area (TPSA) is 77.8 Å². The molecule has 21 heavy (non-hydrogen) atoms. The van der Waals surface area contributed by atoms with E-state index in [1.165, 1.54) is 12.3 Å². The standard InChI is InChI=1S/C15H13ClN4O/c1-9-5-14(18-2)11(8-19-9)15(21)20-13-4-3-10(7-17)6-12(13)16/h3-6,8H,1-2H3,(H,18,19)(H,20,21). The molecule has 0 aliphatic carbocycles. The SMILES string of the molecule is CNc1cc(C)ncc1C(=O)Nc1ccc(C#N)cc1Cl. The van der Waals surface area contributed by atoms with Crippen LogP contribution >= 0.6 is 11.6 Å². The third kappa shape index (κ3) is 3.30. The van der Waals surface area contributed by atoms with Crippen molar-refractivity contribution in [2.24, 2.45) is 0 Å². The van der Waals surface area contributed by atoms with Crippen molar-refractivity contribution < 1.29 is 4.79 Å². The summed E-state index contributed by atoms with van der Waals surface area (Å²) in [5.41, 5.74) is 2.80. The van der Waals surface area contributed by atoms with Crippen LogP contribution in [-0.4, -0.2) is 17.9 Å². The number of pyridine rings is 1. The number of hydrogen-bond donors (Lipinski definition) is 2. The molecule has 0 radical (unpaired) electrons. The fraction of sp³-hybridized carbons (Fsp3) is 0.133. The van der Waals surface area contributed by atoms with Crippen molar-refractivity contribution in [3.05, 3.63) is 52.3 Å². The molecule has 1 amide bonds. The number of carbonyl (C=O) groups excluding carboxylic acids is 1. The fourth-order valence-corrected chi connectivity index (χ4v) is 2.05. The van der Waals surface area contributed by atoms with E-state index in [2.05, 4.69) is 15.6 Å². The molecular formula is C15H13ClN4O. The first-order valence-corrected chi connectivity index (χ1v) is 6.58. The Bertz CT molecular complexity index is 737. The predicted octanol–water partition coefficient (Wildman–Crippen LogP) is 3.21. The number of aryl methyl sites for hydroxylation is 1. The zero-order valence-corrected chi connectivity index (χ0v) is 12.3. The Morgan fingerprint density at radius 1 is 1.33 bits per heavy atom. The van der Waals surface area contributed by atoms with Crippen LogP contribution < -0.4 is 10.6 Å². The van der Waals surface area contributed by atoms with Crippen molar-refractivity contribution >= 4 is 28.9 Å². The van der Waals surface area contributed by atoms with E-state index in [1.54, 1.807) is 25.2 Å². The van der Waals surface area contributed by atoms with Crippen molar-refractivity contribution in [1.82, 2.24) is 4.98 Å². The number of rotatable bonds is 3. The Labute approximate surface area is 127 Å². The highest BCUT2D eigenvalue weighted by Gasteiger charge is 2.13. The van der Waals surface area contributed by atoms with Crippen LogP contribution in [0.3, 0.4) is 0 Å². The van der Waals surface area contributed by atoms with Crippen molar-refractivity contribution in [1.29, 1.82) is 5.26 Å². The molecule has 2 rings (SSSR count). The normalized spacial score (nSPS) is 9.81. The molecule has 2 aromatic rings. The van der Waals surface area contributed by atoms with Gasteiger partial charge in [-0.25, -0.2) is 0 Å². The van der Waals surface area contributed by atoms with Gasteiger partial charge in [-0.15, -0.1) is 0 Å². The molecule has 5 nitrogen and oxygen atoms in total. The maximum Gasteiger partial charge on any atom is 0.259 e. The number of nitrogens with one attached hydrogen (secondary N) is 2. The minimum absolute atomic E-state index is 0.313. The van der Waals surface area contributed by atoms with E-state index in [0.29, 0.717) is 27.5 Å². The number of nitriles is 1. The van der Waals surface area contributed by atoms with E-state index in [4.69, 9.17) is 16.9 Å². The van der Waals surface area contributed by atoms with Crippen LogP contribution in [0.5, 0.6) is 0 Å². The highest BCUT2D eigenvalue weighted by Crippen LogP contribution is 2.24. The smallest absolute Gasteiger partial charge is 0.259 e. The van der Waals surface area contributed by atoms with E-state index in [0.717, 1.165) is 5.69 Å². The lowest BCUT2D eigenvalue weighted by atomic mass is 10.1. The lowest BCUT2D eigenvalue weighted by Crippen LogP contribution is -2.15. The third-order valence-electron chi connectivity index (χ3n) is 2.90. The van der Waals surface area contributed by atoms with Crippen LogP contribution in [0.4, 0.5) is 11.4 Å². The van der Waals surface area contributed by atoms with Crippen LogP contribution in [0.15, 0.2) is 30.5 Å². The lowest BCUT2D eigenvalue weighted by molar-refractivity contribution is 0.102. The average molecular weight is 301 g/mol. The minimum atomic E-state index is -0.321. The Hall–Kier alpha value is -2.58. The first-order valence-electron chi connectivity index (χ1n) is 6.20. The summed E-state index contributed by atoms with van der Waals surface area (Å²) in [6.07, 6.45) is 1.51. The first-order chi connectivity index (χ1) is 10.0. The summed E-state index contributed by atoms with van der Waals surface area (Å²) < 4.78 is 0. The van der Waals surface area contributed by atoms with Gasteiger partial charge >= 0.3 is 0 Å². The molecular weight excluding hydrogens is 288 g/mol. The number of halogens is 1. The van der Waals surface area contributed by atoms with Crippen LogP contribution in [0.2, 0.25) is 5.02 Å². The molecule has 1 aromatic carbocycles. The Kier molecular flexibility index (Phi) is 4.41. The van der Waals surface area contributed by atoms with Gasteiger partial charge in [-0.3, -0.25) is 9.78 Å². The van der Waals surface area contributed by atoms with Crippen molar-refractivity contribution in [2.45, 2.75) is 6.92 Å². The van der Waals surface area contributed by atoms with Crippen LogP contribution in [-0.2, 0) is 0 Å². The maximum atomic E-state index is 12.3. The number of benzene rings is 1. The van der Waals surface area contributed by atoms with Crippen LogP contribution in [0, 0.1) is 18.3 Å². The van der Waals surface area contributed by atoms with E-state index >= 15 is 0 Å². The van der Waals surface area contributed by atoms with Gasteiger partial charge in [0.25, 0.3) is 5.91 Å². The van der Waals surface area contributed by atoms with Gasteiger partial charge in [0.05, 0.1) is 33.6 Å². The zero-order valence-electron chi connectivity index (χ0n) is 11.6. The molecule has 0 unspecified atom stereocenters. The molecule has 2 N–H and O–H groups in total. The predicted molar refractivity (Wildman–Crippen MR) is 82.6 cm³/mol. The molecule has 0 spiro atoms. The molecule has 0 bridgehead atoms. The monoisotopic (exact) mass is 300 g/mol. The number of hydrogen-bond acceptors (Lipinski definition) is 4. The summed E-state index contributed by atoms with van der Waals surface area (Å²) in [6, 6.07) is 8.47. The van der Waals surface area contributed by atoms with Gasteiger partial charge in [-0.05, 0) is 31.2 Å². The largest absolute Gasteiger partial charge is 0.387 e. The van der Waals surface area contributed by atoms with Crippen LogP contribution in [0.25, 0.3) is 0 Å². The molecule has 1 aromatic heterocycles. The van der Waals surface area contributed by atoms with Gasteiger partial charge in [-0.2, -0.15) is 5.26 Å². The summed E-state index contributed by atoms with van der Waals surface area (Å²) in [5, 5.41) is 14.8. The zero-order chi connectivity index (χ0) is 15.4. The molecule has 0 atom stereocenters. The van der Waals surface area contributed by atoms with Gasteiger partial charge in [0, 0.05) is 18.9 Å². The van der Waals surface area contributed by atoms with Crippen molar-refractivity contribution in [2.75, 3.05) is 17.7 Å². The van der Waals surface area contributed by atoms with E-state index in [-0.39, 0.29) is 5.91 Å². The van der Waals surface area contributed by atoms with Gasteiger partial charge in [0.15, 0.2) is 0 Å². The second kappa shape index (κ2) is 6.25. The molecule has 0 saturated carbocycles. The summed E-state index contributed by atoms with van der Waals surface area (Å²) in [4.78, 5) is 16.4. The van der Waals surface area contributed by atoms with Crippen molar-refractivity contribution in [3.63, 3.8) is 0 Å². The van der Waals surface area contributed by atoms with E-state index < -0.39 is 0 Å². The Morgan fingerprint density at radius 3 is 2.71 bits per heavy atom. The molecule has 106 valence electrons. The third-order valence-corrected chi connectivity index (χ3v) is 3.21. The molecule has 0 aliphatic rings. The number of carbonyl (C=O) groups is 1. The number of amides is 1. The van der Waals surface area contributed by atoms with Gasteiger partial charge < -0.3 is 10.6 Å². The van der Waals surface area contributed by atoms with E-state index in [9.17, 15) is 4.79 Å². The molecule has 1 heterocycles. The van der Waals surface area contributed by atoms with Crippen LogP contribution in [0.1, 0.15) is 21.6 Å². The quantitative estimate of drug-likeness (QED) is 0.912. The average Bonchev–Trinajstić information content (AvgIpc) is 2.48. The maximum absolute atomic E-state index is 12.3. The highest BCUT2D eigenvalue weighted by molar-refractivity contribution is 6.34. The molecule has 0 fully saturated rings. The van der Waals surface area contributed by atoms with Crippen molar-refractivity contribution in [3.8, 4) is 6.07 Å². The number of anilines is 2. The molecule has 0 aliphatic heterocycles. The number of aromatic nitrogens is 1. The molecule has 0 saturated heterocycles. The summed E-state index contributed by atoms with van der Waals surface area (Å²) in [7, 11) is 1.74. The first kappa shape index (κ1) is 14.8. The second-order valence-electron chi connectivity index (χ2n) is 4.38. The summed E-state index contributed by atoms with van der Waals surface area (Å²) in [5.74, 6) is -0.321. The molecule has 6 heteroatoms. The summed E-state index contributed by atoms with van der Waals surface area (Å²) in [6.45, 7) is 1.85. The highest BCUT2D eigenvalue weighted by atomic mass is 35.5. The second-order valence-corrected chi connectivity index (χ2v) is 4.79. The van der Waals surface area contributed by atoms with E-state index in [1.807, 2.05) is 13.0 Å². The fourth-order valence-electron chi connectivity index (χ4n) is 1.82. The Morgan fingerprint density at radius 2 is 2.10 bits per heavy atom.